The van der Waals surface area contributed by atoms with Gasteiger partial charge in [0.05, 0.1) is 12.8 Å². The molecule has 0 saturated carbocycles. The summed E-state index contributed by atoms with van der Waals surface area (Å²) in [4.78, 5) is 19.5. The van der Waals surface area contributed by atoms with Crippen LogP contribution < -0.4 is 0 Å². The number of carbonyl (C=O) groups is 2. The molecule has 2 N–H and O–H groups in total. The highest BCUT2D eigenvalue weighted by Gasteiger charge is 1.93. The van der Waals surface area contributed by atoms with Crippen LogP contribution in [0.5, 0.6) is 0 Å². The van der Waals surface area contributed by atoms with Gasteiger partial charge in [0.15, 0.2) is 0 Å². The molecule has 0 aromatic heterocycles. The topological polar surface area (TPSA) is 74.6 Å². The molecule has 0 unspecified atom stereocenters. The Hall–Kier alpha value is -1.58. The molecule has 0 saturated heterocycles. The van der Waals surface area contributed by atoms with E-state index < -0.39 is 11.9 Å². The average molecular weight is 200 g/mol. The zero-order chi connectivity index (χ0) is 11.7. The SMILES string of the molecule is C=C(C)CC(=O)O.C=C(C)CC(=O)O. The summed E-state index contributed by atoms with van der Waals surface area (Å²) in [5.74, 6) is -1.62. The molecule has 0 aromatic carbocycles. The van der Waals surface area contributed by atoms with Gasteiger partial charge >= 0.3 is 11.9 Å². The highest BCUT2D eigenvalue weighted by molar-refractivity contribution is 5.69. The quantitative estimate of drug-likeness (QED) is 0.681. The molecule has 14 heavy (non-hydrogen) atoms. The monoisotopic (exact) mass is 200 g/mol. The first-order valence-electron chi connectivity index (χ1n) is 3.98. The Morgan fingerprint density at radius 2 is 1.14 bits per heavy atom. The third-order valence-electron chi connectivity index (χ3n) is 0.906. The minimum absolute atomic E-state index is 0.0833. The van der Waals surface area contributed by atoms with E-state index in [0.717, 1.165) is 0 Å². The molecule has 0 aromatic rings. The van der Waals surface area contributed by atoms with E-state index in [1.54, 1.807) is 13.8 Å². The lowest BCUT2D eigenvalue weighted by Crippen LogP contribution is -1.92. The molecule has 80 valence electrons. The molecule has 0 aliphatic rings. The number of aliphatic carboxylic acids is 2. The minimum Gasteiger partial charge on any atom is -0.481 e. The average Bonchev–Trinajstić information content (AvgIpc) is 1.79. The van der Waals surface area contributed by atoms with E-state index in [0.29, 0.717) is 11.1 Å². The van der Waals surface area contributed by atoms with Gasteiger partial charge in [-0.3, -0.25) is 9.59 Å². The van der Waals surface area contributed by atoms with Gasteiger partial charge in [-0.15, -0.1) is 0 Å². The Kier molecular flexibility index (Phi) is 8.57. The summed E-state index contributed by atoms with van der Waals surface area (Å²) < 4.78 is 0. The van der Waals surface area contributed by atoms with Gasteiger partial charge in [-0.1, -0.05) is 24.3 Å². The fourth-order valence-corrected chi connectivity index (χ4v) is 0.516. The number of carboxylic acid groups (broad SMARTS) is 2. The van der Waals surface area contributed by atoms with Gasteiger partial charge in [-0.05, 0) is 13.8 Å². The normalized spacial score (nSPS) is 8.14. The summed E-state index contributed by atoms with van der Waals surface area (Å²) in [6, 6.07) is 0. The standard InChI is InChI=1S/2C5H8O2/c2*1-4(2)3-5(6)7/h2*1,3H2,2H3,(H,6,7). The van der Waals surface area contributed by atoms with Crippen molar-refractivity contribution in [1.29, 1.82) is 0 Å². The molecule has 0 rings (SSSR count). The van der Waals surface area contributed by atoms with Crippen molar-refractivity contribution in [2.24, 2.45) is 0 Å². The van der Waals surface area contributed by atoms with E-state index in [1.165, 1.54) is 0 Å². The molecule has 0 aliphatic heterocycles. The molecule has 0 bridgehead atoms. The first kappa shape index (κ1) is 14.9. The maximum atomic E-state index is 9.75. The summed E-state index contributed by atoms with van der Waals surface area (Å²) in [5, 5.41) is 16.0. The lowest BCUT2D eigenvalue weighted by atomic mass is 10.2. The van der Waals surface area contributed by atoms with Crippen molar-refractivity contribution in [3.63, 3.8) is 0 Å². The van der Waals surface area contributed by atoms with Crippen LogP contribution in [0.2, 0.25) is 0 Å². The van der Waals surface area contributed by atoms with Gasteiger partial charge in [0, 0.05) is 0 Å². The van der Waals surface area contributed by atoms with Crippen LogP contribution in [0.3, 0.4) is 0 Å². The van der Waals surface area contributed by atoms with E-state index in [-0.39, 0.29) is 12.8 Å². The summed E-state index contributed by atoms with van der Waals surface area (Å²) in [6.07, 6.45) is 0.167. The molecule has 0 atom stereocenters. The fraction of sp³-hybridized carbons (Fsp3) is 0.400. The van der Waals surface area contributed by atoms with Gasteiger partial charge in [0.25, 0.3) is 0 Å². The van der Waals surface area contributed by atoms with Crippen molar-refractivity contribution in [3.8, 4) is 0 Å². The van der Waals surface area contributed by atoms with Crippen molar-refractivity contribution in [2.75, 3.05) is 0 Å². The maximum Gasteiger partial charge on any atom is 0.307 e. The molecule has 0 heterocycles. The van der Waals surface area contributed by atoms with Crippen LogP contribution in [0.1, 0.15) is 26.7 Å². The molecule has 0 aliphatic carbocycles. The van der Waals surface area contributed by atoms with Crippen LogP contribution in [-0.2, 0) is 9.59 Å². The lowest BCUT2D eigenvalue weighted by Gasteiger charge is -1.86. The Labute approximate surface area is 83.6 Å². The second kappa shape index (κ2) is 8.04. The van der Waals surface area contributed by atoms with Gasteiger partial charge in [-0.25, -0.2) is 0 Å². The number of hydrogen-bond donors (Lipinski definition) is 2. The van der Waals surface area contributed by atoms with Crippen LogP contribution in [0.4, 0.5) is 0 Å². The minimum atomic E-state index is -0.812. The predicted octanol–water partition coefficient (Wildman–Crippen LogP) is 2.07. The van der Waals surface area contributed by atoms with Crippen LogP contribution >= 0.6 is 0 Å². The molecule has 4 heteroatoms. The highest BCUT2D eigenvalue weighted by atomic mass is 16.4. The first-order valence-corrected chi connectivity index (χ1v) is 3.98. The fourth-order valence-electron chi connectivity index (χ4n) is 0.516. The Balaban J connectivity index is 0. The van der Waals surface area contributed by atoms with Crippen LogP contribution in [0.15, 0.2) is 24.3 Å². The molecule has 0 amide bonds. The Morgan fingerprint density at radius 3 is 1.14 bits per heavy atom. The van der Waals surface area contributed by atoms with E-state index in [4.69, 9.17) is 10.2 Å². The van der Waals surface area contributed by atoms with Crippen molar-refractivity contribution in [3.05, 3.63) is 24.3 Å². The second-order valence-electron chi connectivity index (χ2n) is 3.06. The number of carboxylic acids is 2. The van der Waals surface area contributed by atoms with Crippen molar-refractivity contribution >= 4 is 11.9 Å². The summed E-state index contributed by atoms with van der Waals surface area (Å²) in [6.45, 7) is 10.2. The van der Waals surface area contributed by atoms with Crippen molar-refractivity contribution in [2.45, 2.75) is 26.7 Å². The molecule has 0 radical (unpaired) electrons. The van der Waals surface area contributed by atoms with Crippen molar-refractivity contribution < 1.29 is 19.8 Å². The lowest BCUT2D eigenvalue weighted by molar-refractivity contribution is -0.137. The summed E-state index contributed by atoms with van der Waals surface area (Å²) in [5.41, 5.74) is 1.38. The van der Waals surface area contributed by atoms with E-state index in [1.807, 2.05) is 0 Å². The zero-order valence-electron chi connectivity index (χ0n) is 8.54. The van der Waals surface area contributed by atoms with Crippen LogP contribution in [0, 0.1) is 0 Å². The van der Waals surface area contributed by atoms with Crippen LogP contribution in [-0.4, -0.2) is 22.2 Å². The van der Waals surface area contributed by atoms with Crippen molar-refractivity contribution in [1.82, 2.24) is 0 Å². The number of rotatable bonds is 4. The summed E-state index contributed by atoms with van der Waals surface area (Å²) >= 11 is 0. The molecule has 0 fully saturated rings. The Bertz CT molecular complexity index is 191. The molecule has 0 spiro atoms. The largest absolute Gasteiger partial charge is 0.481 e. The van der Waals surface area contributed by atoms with Crippen LogP contribution in [0.25, 0.3) is 0 Å². The number of hydrogen-bond acceptors (Lipinski definition) is 2. The van der Waals surface area contributed by atoms with Gasteiger partial charge in [-0.2, -0.15) is 0 Å². The van der Waals surface area contributed by atoms with E-state index >= 15 is 0 Å². The molecular formula is C10H16O4. The summed E-state index contributed by atoms with van der Waals surface area (Å²) in [7, 11) is 0. The predicted molar refractivity (Wildman–Crippen MR) is 54.1 cm³/mol. The third kappa shape index (κ3) is 22.4. The molecular weight excluding hydrogens is 184 g/mol. The molecule has 4 nitrogen and oxygen atoms in total. The van der Waals surface area contributed by atoms with Gasteiger partial charge in [0.1, 0.15) is 0 Å². The van der Waals surface area contributed by atoms with Gasteiger partial charge < -0.3 is 10.2 Å². The smallest absolute Gasteiger partial charge is 0.307 e. The second-order valence-corrected chi connectivity index (χ2v) is 3.06. The highest BCUT2D eigenvalue weighted by Crippen LogP contribution is 1.92. The third-order valence-corrected chi connectivity index (χ3v) is 0.906. The van der Waals surface area contributed by atoms with Gasteiger partial charge in [0.2, 0.25) is 0 Å². The Morgan fingerprint density at radius 1 is 0.929 bits per heavy atom. The first-order chi connectivity index (χ1) is 6.25. The zero-order valence-corrected chi connectivity index (χ0v) is 8.54. The van der Waals surface area contributed by atoms with E-state index in [2.05, 4.69) is 13.2 Å². The maximum absolute atomic E-state index is 9.75. The van der Waals surface area contributed by atoms with E-state index in [9.17, 15) is 9.59 Å².